The number of nitrogens with one attached hydrogen (secondary N) is 2. The number of guanidine groups is 1. The fourth-order valence-electron chi connectivity index (χ4n) is 4.80. The molecule has 4 aliphatic rings. The smallest absolute Gasteiger partial charge is 0.191 e. The molecule has 0 spiro atoms. The van der Waals surface area contributed by atoms with Crippen LogP contribution in [0.1, 0.15) is 18.5 Å². The van der Waals surface area contributed by atoms with Crippen LogP contribution in [0.2, 0.25) is 0 Å². The number of halogens is 1. The molecule has 4 saturated heterocycles. The van der Waals surface area contributed by atoms with Crippen molar-refractivity contribution in [1.29, 1.82) is 0 Å². The van der Waals surface area contributed by atoms with Crippen LogP contribution in [0.5, 0.6) is 5.75 Å². The van der Waals surface area contributed by atoms with Crippen molar-refractivity contribution in [3.63, 3.8) is 0 Å². The van der Waals surface area contributed by atoms with E-state index in [1.54, 1.807) is 7.11 Å². The summed E-state index contributed by atoms with van der Waals surface area (Å²) in [5.74, 6) is 1.79. The largest absolute Gasteiger partial charge is 0.497 e. The SMILES string of the molecule is CCNC(=NCC(c1ccc(OC)cc1)N1CCOCC1)NCC1CN2CCN1CC2.I. The highest BCUT2D eigenvalue weighted by molar-refractivity contribution is 14.0. The molecule has 180 valence electrons. The molecule has 2 atom stereocenters. The Morgan fingerprint density at radius 2 is 1.81 bits per heavy atom. The van der Waals surface area contributed by atoms with Crippen LogP contribution in [0.25, 0.3) is 0 Å². The number of piperazine rings is 3. The Bertz CT molecular complexity index is 705. The molecule has 2 unspecified atom stereocenters. The van der Waals surface area contributed by atoms with Gasteiger partial charge in [-0.2, -0.15) is 0 Å². The lowest BCUT2D eigenvalue weighted by Crippen LogP contribution is -2.63. The molecule has 5 rings (SSSR count). The molecule has 0 amide bonds. The molecule has 4 fully saturated rings. The number of morpholine rings is 1. The zero-order chi connectivity index (χ0) is 21.5. The first-order valence-corrected chi connectivity index (χ1v) is 11.7. The highest BCUT2D eigenvalue weighted by atomic mass is 127. The van der Waals surface area contributed by atoms with E-state index in [2.05, 4.69) is 44.4 Å². The van der Waals surface area contributed by atoms with E-state index in [-0.39, 0.29) is 30.0 Å². The Morgan fingerprint density at radius 3 is 2.41 bits per heavy atom. The summed E-state index contributed by atoms with van der Waals surface area (Å²) in [6.45, 7) is 14.0. The number of ether oxygens (including phenoxy) is 2. The minimum atomic E-state index is 0. The van der Waals surface area contributed by atoms with Crippen LogP contribution in [0.4, 0.5) is 0 Å². The van der Waals surface area contributed by atoms with E-state index < -0.39 is 0 Å². The van der Waals surface area contributed by atoms with E-state index in [9.17, 15) is 0 Å². The van der Waals surface area contributed by atoms with Gasteiger partial charge >= 0.3 is 0 Å². The van der Waals surface area contributed by atoms with Gasteiger partial charge in [0.15, 0.2) is 5.96 Å². The van der Waals surface area contributed by atoms with Gasteiger partial charge in [0.1, 0.15) is 5.75 Å². The third kappa shape index (κ3) is 6.69. The lowest BCUT2D eigenvalue weighted by atomic mass is 10.0. The van der Waals surface area contributed by atoms with Crippen LogP contribution >= 0.6 is 24.0 Å². The monoisotopic (exact) mass is 558 g/mol. The lowest BCUT2D eigenvalue weighted by molar-refractivity contribution is 0.0153. The third-order valence-corrected chi connectivity index (χ3v) is 6.65. The van der Waals surface area contributed by atoms with Gasteiger partial charge in [-0.3, -0.25) is 19.7 Å². The molecular weight excluding hydrogens is 519 g/mol. The van der Waals surface area contributed by atoms with Crippen molar-refractivity contribution in [2.45, 2.75) is 19.0 Å². The maximum absolute atomic E-state index is 5.59. The predicted octanol–water partition coefficient (Wildman–Crippen LogP) is 1.24. The molecule has 0 saturated carbocycles. The van der Waals surface area contributed by atoms with Gasteiger partial charge in [0.25, 0.3) is 0 Å². The fourth-order valence-corrected chi connectivity index (χ4v) is 4.80. The highest BCUT2D eigenvalue weighted by Gasteiger charge is 2.31. The number of aliphatic imine (C=N–C) groups is 1. The number of fused-ring (bicyclic) bond motifs is 3. The van der Waals surface area contributed by atoms with Crippen molar-refractivity contribution >= 4 is 29.9 Å². The van der Waals surface area contributed by atoms with Crippen LogP contribution in [0, 0.1) is 0 Å². The lowest BCUT2D eigenvalue weighted by Gasteiger charge is -2.47. The summed E-state index contributed by atoms with van der Waals surface area (Å²) in [4.78, 5) is 12.7. The third-order valence-electron chi connectivity index (χ3n) is 6.65. The van der Waals surface area contributed by atoms with Gasteiger partial charge in [0.05, 0.1) is 32.9 Å². The first-order chi connectivity index (χ1) is 15.3. The molecular formula is C23H39IN6O2. The van der Waals surface area contributed by atoms with Crippen LogP contribution in [0.15, 0.2) is 29.3 Å². The molecule has 2 bridgehead atoms. The van der Waals surface area contributed by atoms with Gasteiger partial charge < -0.3 is 20.1 Å². The Balaban J connectivity index is 0.00000289. The molecule has 0 aromatic heterocycles. The molecule has 0 aliphatic carbocycles. The molecule has 4 heterocycles. The number of benzene rings is 1. The summed E-state index contributed by atoms with van der Waals surface area (Å²) in [6.07, 6.45) is 0. The van der Waals surface area contributed by atoms with Crippen LogP contribution < -0.4 is 15.4 Å². The summed E-state index contributed by atoms with van der Waals surface area (Å²) < 4.78 is 10.9. The van der Waals surface area contributed by atoms with E-state index in [0.29, 0.717) is 12.6 Å². The maximum Gasteiger partial charge on any atom is 0.191 e. The van der Waals surface area contributed by atoms with Gasteiger partial charge in [-0.05, 0) is 24.6 Å². The molecule has 0 radical (unpaired) electrons. The van der Waals surface area contributed by atoms with Gasteiger partial charge in [0.2, 0.25) is 0 Å². The normalized spacial score (nSPS) is 26.8. The van der Waals surface area contributed by atoms with Gasteiger partial charge in [-0.15, -0.1) is 24.0 Å². The van der Waals surface area contributed by atoms with Crippen LogP contribution in [0.3, 0.4) is 0 Å². The zero-order valence-electron chi connectivity index (χ0n) is 19.5. The van der Waals surface area contributed by atoms with E-state index >= 15 is 0 Å². The first kappa shape index (κ1) is 25.5. The predicted molar refractivity (Wildman–Crippen MR) is 139 cm³/mol. The second-order valence-electron chi connectivity index (χ2n) is 8.53. The van der Waals surface area contributed by atoms with Gasteiger partial charge in [0, 0.05) is 64.9 Å². The first-order valence-electron chi connectivity index (χ1n) is 11.7. The maximum atomic E-state index is 5.59. The van der Waals surface area contributed by atoms with Crippen molar-refractivity contribution in [2.24, 2.45) is 4.99 Å². The molecule has 8 nitrogen and oxygen atoms in total. The highest BCUT2D eigenvalue weighted by Crippen LogP contribution is 2.24. The molecule has 1 aromatic rings. The molecule has 2 N–H and O–H groups in total. The Morgan fingerprint density at radius 1 is 1.09 bits per heavy atom. The van der Waals surface area contributed by atoms with Gasteiger partial charge in [-0.25, -0.2) is 0 Å². The topological polar surface area (TPSA) is 64.6 Å². The van der Waals surface area contributed by atoms with E-state index in [1.165, 1.54) is 31.7 Å². The van der Waals surface area contributed by atoms with Crippen molar-refractivity contribution < 1.29 is 9.47 Å². The Hall–Kier alpha value is -1.14. The average Bonchev–Trinajstić information content (AvgIpc) is 2.84. The zero-order valence-corrected chi connectivity index (χ0v) is 21.8. The number of hydrogen-bond donors (Lipinski definition) is 2. The van der Waals surface area contributed by atoms with Crippen molar-refractivity contribution in [2.75, 3.05) is 85.8 Å². The summed E-state index contributed by atoms with van der Waals surface area (Å²) in [7, 11) is 1.71. The standard InChI is InChI=1S/C23H38N6O2.HI/c1-3-24-23(25-16-20-18-27-8-10-28(20)11-9-27)26-17-22(29-12-14-31-15-13-29)19-4-6-21(30-2)7-5-19;/h4-7,20,22H,3,8-18H2,1-2H3,(H2,24,25,26);1H. The second-order valence-corrected chi connectivity index (χ2v) is 8.53. The molecule has 1 aromatic carbocycles. The summed E-state index contributed by atoms with van der Waals surface area (Å²) in [5, 5.41) is 7.05. The van der Waals surface area contributed by atoms with Crippen LogP contribution in [-0.4, -0.2) is 112 Å². The average molecular weight is 559 g/mol. The van der Waals surface area contributed by atoms with E-state index in [0.717, 1.165) is 57.6 Å². The summed E-state index contributed by atoms with van der Waals surface area (Å²) in [6, 6.07) is 9.20. The van der Waals surface area contributed by atoms with Crippen molar-refractivity contribution in [1.82, 2.24) is 25.3 Å². The van der Waals surface area contributed by atoms with Crippen molar-refractivity contribution in [3.8, 4) is 5.75 Å². The fraction of sp³-hybridized carbons (Fsp3) is 0.696. The van der Waals surface area contributed by atoms with Crippen LogP contribution in [-0.2, 0) is 4.74 Å². The summed E-state index contributed by atoms with van der Waals surface area (Å²) >= 11 is 0. The van der Waals surface area contributed by atoms with Crippen molar-refractivity contribution in [3.05, 3.63) is 29.8 Å². The molecule has 4 aliphatic heterocycles. The number of hydrogen-bond acceptors (Lipinski definition) is 6. The number of nitrogens with zero attached hydrogens (tertiary/aromatic N) is 4. The molecule has 9 heteroatoms. The Kier molecular flexibility index (Phi) is 10.3. The number of rotatable bonds is 8. The minimum absolute atomic E-state index is 0. The van der Waals surface area contributed by atoms with E-state index in [1.807, 2.05) is 12.1 Å². The van der Waals surface area contributed by atoms with E-state index in [4.69, 9.17) is 14.5 Å². The quantitative estimate of drug-likeness (QED) is 0.283. The Labute approximate surface area is 209 Å². The minimum Gasteiger partial charge on any atom is -0.497 e. The van der Waals surface area contributed by atoms with Gasteiger partial charge in [-0.1, -0.05) is 12.1 Å². The second kappa shape index (κ2) is 12.9. The summed E-state index contributed by atoms with van der Waals surface area (Å²) in [5.41, 5.74) is 1.27. The number of methoxy groups -OCH3 is 1. The molecule has 32 heavy (non-hydrogen) atoms.